The van der Waals surface area contributed by atoms with Gasteiger partial charge in [-0.05, 0) is 37.0 Å². The normalized spacial score (nSPS) is 20.2. The molecule has 0 radical (unpaired) electrons. The lowest BCUT2D eigenvalue weighted by Gasteiger charge is -2.37. The molecule has 0 bridgehead atoms. The fourth-order valence-corrected chi connectivity index (χ4v) is 3.44. The van der Waals surface area contributed by atoms with Crippen LogP contribution in [0.2, 0.25) is 0 Å². The number of carbonyl (C=O) groups is 2. The number of nitrogens with zero attached hydrogens (tertiary/aromatic N) is 4. The van der Waals surface area contributed by atoms with E-state index in [1.54, 1.807) is 35.2 Å². The van der Waals surface area contributed by atoms with E-state index in [1.807, 2.05) is 25.4 Å². The Hall–Kier alpha value is -2.70. The largest absolute Gasteiger partial charge is 0.465 e. The maximum absolute atomic E-state index is 12.7. The molecule has 2 atom stereocenters. The van der Waals surface area contributed by atoms with Crippen LogP contribution in [-0.4, -0.2) is 45.2 Å². The first kappa shape index (κ1) is 18.1. The van der Waals surface area contributed by atoms with E-state index in [9.17, 15) is 9.59 Å². The number of ether oxygens (including phenoxy) is 1. The SMILES string of the molecule is CN1C(=O)CCC(C(=O)OCCCc2ccncc2)C1c1cnn(C)c1. The van der Waals surface area contributed by atoms with Crippen molar-refractivity contribution in [2.75, 3.05) is 13.7 Å². The van der Waals surface area contributed by atoms with Crippen LogP contribution < -0.4 is 0 Å². The summed E-state index contributed by atoms with van der Waals surface area (Å²) in [7, 11) is 3.56. The Kier molecular flexibility index (Phi) is 5.65. The van der Waals surface area contributed by atoms with Crippen LogP contribution in [0.25, 0.3) is 0 Å². The van der Waals surface area contributed by atoms with E-state index in [2.05, 4.69) is 10.1 Å². The Morgan fingerprint density at radius 2 is 2.08 bits per heavy atom. The smallest absolute Gasteiger partial charge is 0.311 e. The molecule has 1 fully saturated rings. The summed E-state index contributed by atoms with van der Waals surface area (Å²) in [5.74, 6) is -0.559. The van der Waals surface area contributed by atoms with E-state index in [0.29, 0.717) is 19.4 Å². The van der Waals surface area contributed by atoms with Crippen molar-refractivity contribution in [1.29, 1.82) is 0 Å². The zero-order valence-electron chi connectivity index (χ0n) is 15.2. The average molecular weight is 356 g/mol. The van der Waals surface area contributed by atoms with E-state index < -0.39 is 0 Å². The molecule has 1 amide bonds. The fourth-order valence-electron chi connectivity index (χ4n) is 3.44. The van der Waals surface area contributed by atoms with E-state index in [0.717, 1.165) is 18.4 Å². The zero-order valence-corrected chi connectivity index (χ0v) is 15.2. The topological polar surface area (TPSA) is 77.3 Å². The van der Waals surface area contributed by atoms with Crippen LogP contribution in [0, 0.1) is 5.92 Å². The molecule has 0 saturated carbocycles. The molecule has 7 heteroatoms. The molecule has 2 aromatic rings. The minimum Gasteiger partial charge on any atom is -0.465 e. The van der Waals surface area contributed by atoms with Crippen molar-refractivity contribution >= 4 is 11.9 Å². The van der Waals surface area contributed by atoms with Gasteiger partial charge >= 0.3 is 5.97 Å². The molecular weight excluding hydrogens is 332 g/mol. The second-order valence-corrected chi connectivity index (χ2v) is 6.67. The van der Waals surface area contributed by atoms with Gasteiger partial charge in [-0.25, -0.2) is 0 Å². The molecule has 0 aromatic carbocycles. The third-order valence-electron chi connectivity index (χ3n) is 4.83. The fraction of sp³-hybridized carbons (Fsp3) is 0.474. The quantitative estimate of drug-likeness (QED) is 0.584. The molecule has 1 saturated heterocycles. The van der Waals surface area contributed by atoms with Crippen LogP contribution in [0.3, 0.4) is 0 Å². The number of piperidine rings is 1. The maximum atomic E-state index is 12.7. The molecule has 2 aromatic heterocycles. The maximum Gasteiger partial charge on any atom is 0.311 e. The molecule has 3 rings (SSSR count). The van der Waals surface area contributed by atoms with Crippen LogP contribution in [0.1, 0.15) is 36.4 Å². The van der Waals surface area contributed by atoms with Gasteiger partial charge in [0.15, 0.2) is 0 Å². The number of aromatic nitrogens is 3. The number of aryl methyl sites for hydroxylation is 2. The highest BCUT2D eigenvalue weighted by atomic mass is 16.5. The Morgan fingerprint density at radius 3 is 2.77 bits per heavy atom. The first-order chi connectivity index (χ1) is 12.6. The van der Waals surface area contributed by atoms with Gasteiger partial charge in [-0.1, -0.05) is 0 Å². The van der Waals surface area contributed by atoms with Crippen LogP contribution >= 0.6 is 0 Å². The molecule has 1 aliphatic heterocycles. The van der Waals surface area contributed by atoms with Gasteiger partial charge in [-0.2, -0.15) is 5.10 Å². The highest BCUT2D eigenvalue weighted by molar-refractivity contribution is 5.82. The number of likely N-dealkylation sites (tertiary alicyclic amines) is 1. The van der Waals surface area contributed by atoms with Gasteiger partial charge in [0, 0.05) is 44.7 Å². The van der Waals surface area contributed by atoms with Crippen molar-refractivity contribution in [2.45, 2.75) is 31.7 Å². The van der Waals surface area contributed by atoms with Crippen LogP contribution in [0.5, 0.6) is 0 Å². The zero-order chi connectivity index (χ0) is 18.5. The van der Waals surface area contributed by atoms with Gasteiger partial charge in [0.2, 0.25) is 5.91 Å². The highest BCUT2D eigenvalue weighted by Crippen LogP contribution is 2.36. The molecule has 138 valence electrons. The summed E-state index contributed by atoms with van der Waals surface area (Å²) >= 11 is 0. The summed E-state index contributed by atoms with van der Waals surface area (Å²) in [6.45, 7) is 0.370. The Balaban J connectivity index is 1.60. The third-order valence-corrected chi connectivity index (χ3v) is 4.83. The van der Waals surface area contributed by atoms with Crippen LogP contribution in [0.4, 0.5) is 0 Å². The van der Waals surface area contributed by atoms with Crippen LogP contribution in [0.15, 0.2) is 36.9 Å². The average Bonchev–Trinajstić information content (AvgIpc) is 3.07. The van der Waals surface area contributed by atoms with Crippen molar-refractivity contribution in [1.82, 2.24) is 19.7 Å². The molecule has 3 heterocycles. The number of amides is 1. The van der Waals surface area contributed by atoms with Gasteiger partial charge in [0.05, 0.1) is 24.8 Å². The Bertz CT molecular complexity index is 759. The lowest BCUT2D eigenvalue weighted by molar-refractivity contribution is -0.156. The number of carbonyl (C=O) groups excluding carboxylic acids is 2. The lowest BCUT2D eigenvalue weighted by Crippen LogP contribution is -2.43. The van der Waals surface area contributed by atoms with Crippen molar-refractivity contribution in [2.24, 2.45) is 13.0 Å². The molecule has 2 unspecified atom stereocenters. The summed E-state index contributed by atoms with van der Waals surface area (Å²) < 4.78 is 7.21. The monoisotopic (exact) mass is 356 g/mol. The minimum absolute atomic E-state index is 0.0422. The molecule has 0 aliphatic carbocycles. The standard InChI is InChI=1S/C19H24N4O3/c1-22-13-15(12-21-22)18-16(5-6-17(24)23(18)2)19(25)26-11-3-4-14-7-9-20-10-8-14/h7-10,12-13,16,18H,3-6,11H2,1-2H3. The van der Waals surface area contributed by atoms with Crippen molar-refractivity contribution < 1.29 is 14.3 Å². The first-order valence-electron chi connectivity index (χ1n) is 8.86. The number of hydrogen-bond donors (Lipinski definition) is 0. The van der Waals surface area contributed by atoms with Gasteiger partial charge in [-0.15, -0.1) is 0 Å². The number of esters is 1. The van der Waals surface area contributed by atoms with Gasteiger partial charge in [0.1, 0.15) is 0 Å². The van der Waals surface area contributed by atoms with Crippen molar-refractivity contribution in [3.63, 3.8) is 0 Å². The second kappa shape index (κ2) is 8.12. The summed E-state index contributed by atoms with van der Waals surface area (Å²) in [5, 5.41) is 4.18. The number of pyridine rings is 1. The van der Waals surface area contributed by atoms with Crippen molar-refractivity contribution in [3.8, 4) is 0 Å². The molecule has 0 N–H and O–H groups in total. The summed E-state index contributed by atoms with van der Waals surface area (Å²) in [5.41, 5.74) is 2.04. The summed E-state index contributed by atoms with van der Waals surface area (Å²) in [4.78, 5) is 30.4. The van der Waals surface area contributed by atoms with Gasteiger partial charge in [-0.3, -0.25) is 19.3 Å². The van der Waals surface area contributed by atoms with Crippen LogP contribution in [-0.2, 0) is 27.8 Å². The molecule has 7 nitrogen and oxygen atoms in total. The second-order valence-electron chi connectivity index (χ2n) is 6.67. The first-order valence-corrected chi connectivity index (χ1v) is 8.86. The minimum atomic E-state index is -0.358. The van der Waals surface area contributed by atoms with Gasteiger partial charge in [0.25, 0.3) is 0 Å². The van der Waals surface area contributed by atoms with E-state index in [4.69, 9.17) is 4.74 Å². The Morgan fingerprint density at radius 1 is 1.31 bits per heavy atom. The number of hydrogen-bond acceptors (Lipinski definition) is 5. The van der Waals surface area contributed by atoms with E-state index >= 15 is 0 Å². The highest BCUT2D eigenvalue weighted by Gasteiger charge is 2.40. The van der Waals surface area contributed by atoms with E-state index in [1.165, 1.54) is 5.56 Å². The number of rotatable bonds is 6. The Labute approximate surface area is 153 Å². The summed E-state index contributed by atoms with van der Waals surface area (Å²) in [6.07, 6.45) is 9.55. The third kappa shape index (κ3) is 4.09. The molecule has 0 spiro atoms. The molecule has 26 heavy (non-hydrogen) atoms. The molecule has 1 aliphatic rings. The predicted octanol–water partition coefficient (Wildman–Crippen LogP) is 1.90. The predicted molar refractivity (Wildman–Crippen MR) is 95.0 cm³/mol. The van der Waals surface area contributed by atoms with Gasteiger partial charge < -0.3 is 9.64 Å². The van der Waals surface area contributed by atoms with Crippen molar-refractivity contribution in [3.05, 3.63) is 48.0 Å². The van der Waals surface area contributed by atoms with E-state index in [-0.39, 0.29) is 23.8 Å². The lowest BCUT2D eigenvalue weighted by atomic mass is 9.86. The molecular formula is C19H24N4O3. The summed E-state index contributed by atoms with van der Waals surface area (Å²) in [6, 6.07) is 3.60.